The third-order valence-electron chi connectivity index (χ3n) is 9.48. The lowest BCUT2D eigenvalue weighted by atomic mass is 10.1. The third-order valence-corrected chi connectivity index (χ3v) is 10.4. The van der Waals surface area contributed by atoms with Crippen LogP contribution < -0.4 is 0 Å². The van der Waals surface area contributed by atoms with E-state index in [1.54, 1.807) is 0 Å². The summed E-state index contributed by atoms with van der Waals surface area (Å²) in [5.74, 6) is -0.947. The SMILES string of the molecule is CCCCC/C=C/C/C=C/CCCCCCCCCCCC(=O)OC[C@H](COP(=O)(O)OC[C@@H](O)CO)OC(=O)CCCCCCC/C=C/C=C/CCCCCC. The smallest absolute Gasteiger partial charge is 0.462 e. The molecular weight excluding hydrogens is 743 g/mol. The van der Waals surface area contributed by atoms with Gasteiger partial charge in [0.2, 0.25) is 0 Å². The second kappa shape index (κ2) is 42.1. The number of phosphoric ester groups is 1. The molecular formula is C46H83O10P. The average Bonchev–Trinajstić information content (AvgIpc) is 3.20. The zero-order valence-corrected chi connectivity index (χ0v) is 36.9. The molecule has 57 heavy (non-hydrogen) atoms. The summed E-state index contributed by atoms with van der Waals surface area (Å²) in [6.07, 6.45) is 45.0. The van der Waals surface area contributed by atoms with E-state index in [2.05, 4.69) is 62.5 Å². The molecule has 0 aliphatic rings. The van der Waals surface area contributed by atoms with Gasteiger partial charge in [0.15, 0.2) is 6.10 Å². The summed E-state index contributed by atoms with van der Waals surface area (Å²) in [5.41, 5.74) is 0. The predicted octanol–water partition coefficient (Wildman–Crippen LogP) is 12.1. The van der Waals surface area contributed by atoms with Gasteiger partial charge in [0.25, 0.3) is 0 Å². The van der Waals surface area contributed by atoms with E-state index in [0.29, 0.717) is 12.8 Å². The highest BCUT2D eigenvalue weighted by molar-refractivity contribution is 7.47. The summed E-state index contributed by atoms with van der Waals surface area (Å²) in [5, 5.41) is 18.3. The highest BCUT2D eigenvalue weighted by atomic mass is 31.2. The average molecular weight is 827 g/mol. The van der Waals surface area contributed by atoms with E-state index in [0.717, 1.165) is 70.6 Å². The van der Waals surface area contributed by atoms with Crippen molar-refractivity contribution in [1.29, 1.82) is 0 Å². The number of esters is 2. The van der Waals surface area contributed by atoms with Crippen molar-refractivity contribution in [2.75, 3.05) is 26.4 Å². The maximum Gasteiger partial charge on any atom is 0.472 e. The highest BCUT2D eigenvalue weighted by Crippen LogP contribution is 2.43. The Labute approximate surface area is 347 Å². The van der Waals surface area contributed by atoms with Gasteiger partial charge in [0.05, 0.1) is 19.8 Å². The quantitative estimate of drug-likeness (QED) is 0.0178. The Morgan fingerprint density at radius 3 is 1.49 bits per heavy atom. The number of hydrogen-bond acceptors (Lipinski definition) is 9. The van der Waals surface area contributed by atoms with Gasteiger partial charge < -0.3 is 24.6 Å². The van der Waals surface area contributed by atoms with Gasteiger partial charge >= 0.3 is 19.8 Å². The lowest BCUT2D eigenvalue weighted by Gasteiger charge is -2.20. The minimum atomic E-state index is -4.62. The van der Waals surface area contributed by atoms with Crippen LogP contribution in [0.15, 0.2) is 48.6 Å². The molecule has 3 N–H and O–H groups in total. The van der Waals surface area contributed by atoms with Crippen LogP contribution in [0.3, 0.4) is 0 Å². The van der Waals surface area contributed by atoms with Crippen molar-refractivity contribution >= 4 is 19.8 Å². The molecule has 0 aliphatic carbocycles. The molecule has 0 aromatic carbocycles. The van der Waals surface area contributed by atoms with E-state index in [-0.39, 0.29) is 19.4 Å². The van der Waals surface area contributed by atoms with Gasteiger partial charge in [0.1, 0.15) is 12.7 Å². The number of carbonyl (C=O) groups excluding carboxylic acids is 2. The van der Waals surface area contributed by atoms with E-state index in [1.807, 2.05) is 0 Å². The number of carbonyl (C=O) groups is 2. The topological polar surface area (TPSA) is 149 Å². The third kappa shape index (κ3) is 41.9. The molecule has 0 heterocycles. The normalized spacial score (nSPS) is 14.3. The van der Waals surface area contributed by atoms with Gasteiger partial charge in [-0.2, -0.15) is 0 Å². The van der Waals surface area contributed by atoms with Crippen molar-refractivity contribution in [3.05, 3.63) is 48.6 Å². The number of phosphoric acid groups is 1. The fourth-order valence-corrected chi connectivity index (χ4v) is 6.74. The van der Waals surface area contributed by atoms with E-state index in [4.69, 9.17) is 23.6 Å². The molecule has 0 bridgehead atoms. The van der Waals surface area contributed by atoms with E-state index >= 15 is 0 Å². The Kier molecular flexibility index (Phi) is 40.5. The summed E-state index contributed by atoms with van der Waals surface area (Å²) in [6.45, 7) is 2.32. The fourth-order valence-electron chi connectivity index (χ4n) is 5.95. The molecule has 0 amide bonds. The van der Waals surface area contributed by atoms with Crippen LogP contribution in [0.1, 0.15) is 194 Å². The van der Waals surface area contributed by atoms with Crippen LogP contribution in [-0.4, -0.2) is 65.7 Å². The van der Waals surface area contributed by atoms with Gasteiger partial charge in [-0.25, -0.2) is 4.57 Å². The second-order valence-electron chi connectivity index (χ2n) is 15.1. The number of rotatable bonds is 42. The van der Waals surface area contributed by atoms with Crippen LogP contribution in [0.5, 0.6) is 0 Å². The van der Waals surface area contributed by atoms with Crippen molar-refractivity contribution in [3.8, 4) is 0 Å². The van der Waals surface area contributed by atoms with Gasteiger partial charge in [-0.1, -0.05) is 159 Å². The Hall–Kier alpha value is -2.07. The van der Waals surface area contributed by atoms with Crippen LogP contribution in [0.4, 0.5) is 0 Å². The molecule has 0 aromatic rings. The lowest BCUT2D eigenvalue weighted by Crippen LogP contribution is -2.29. The number of aliphatic hydroxyl groups is 2. The van der Waals surface area contributed by atoms with Crippen LogP contribution in [0.2, 0.25) is 0 Å². The van der Waals surface area contributed by atoms with E-state index in [1.165, 1.54) is 83.5 Å². The van der Waals surface area contributed by atoms with Crippen LogP contribution >= 0.6 is 7.82 Å². The van der Waals surface area contributed by atoms with Crippen LogP contribution in [0.25, 0.3) is 0 Å². The maximum absolute atomic E-state index is 12.6. The van der Waals surface area contributed by atoms with E-state index < -0.39 is 51.8 Å². The molecule has 11 heteroatoms. The summed E-state index contributed by atoms with van der Waals surface area (Å²) in [4.78, 5) is 35.0. The molecule has 0 saturated carbocycles. The van der Waals surface area contributed by atoms with Crippen molar-refractivity contribution in [2.45, 2.75) is 206 Å². The van der Waals surface area contributed by atoms with Crippen molar-refractivity contribution in [2.24, 2.45) is 0 Å². The van der Waals surface area contributed by atoms with Gasteiger partial charge in [-0.3, -0.25) is 18.6 Å². The molecule has 0 spiro atoms. The van der Waals surface area contributed by atoms with Crippen molar-refractivity contribution < 1.29 is 47.8 Å². The predicted molar refractivity (Wildman–Crippen MR) is 233 cm³/mol. The number of unbranched alkanes of at least 4 members (excludes halogenated alkanes) is 21. The van der Waals surface area contributed by atoms with Crippen LogP contribution in [0, 0.1) is 0 Å². The first-order valence-corrected chi connectivity index (χ1v) is 24.1. The molecule has 0 saturated heterocycles. The Bertz CT molecular complexity index is 1090. The molecule has 0 fully saturated rings. The molecule has 0 aromatic heterocycles. The number of ether oxygens (including phenoxy) is 2. The lowest BCUT2D eigenvalue weighted by molar-refractivity contribution is -0.161. The molecule has 10 nitrogen and oxygen atoms in total. The molecule has 1 unspecified atom stereocenters. The second-order valence-corrected chi connectivity index (χ2v) is 16.6. The summed E-state index contributed by atoms with van der Waals surface area (Å²) >= 11 is 0. The molecule has 3 atom stereocenters. The number of allylic oxidation sites excluding steroid dienone is 8. The summed E-state index contributed by atoms with van der Waals surface area (Å²) in [7, 11) is -4.62. The number of hydrogen-bond donors (Lipinski definition) is 3. The fraction of sp³-hybridized carbons (Fsp3) is 0.783. The molecule has 0 aliphatic heterocycles. The van der Waals surface area contributed by atoms with Crippen LogP contribution in [-0.2, 0) is 32.7 Å². The minimum absolute atomic E-state index is 0.165. The monoisotopic (exact) mass is 827 g/mol. The maximum atomic E-state index is 12.6. The standard InChI is InChI=1S/C46H83O10P/c1-3-5-7-9-11-13-15-17-19-20-21-22-24-25-27-29-31-33-35-37-45(49)53-41-44(42-55-57(51,52)54-40-43(48)39-47)56-46(50)38-36-34-32-30-28-26-23-18-16-14-12-10-8-6-4-2/h11,13-14,16-19,23,43-44,47-48H,3-10,12,15,20-22,24-42H2,1-2H3,(H,51,52)/b13-11+,16-14+,19-17+,23-18+/t43-,44+/m0/s1. The first kappa shape index (κ1) is 54.9. The van der Waals surface area contributed by atoms with Gasteiger partial charge in [-0.15, -0.1) is 0 Å². The zero-order chi connectivity index (χ0) is 41.9. The molecule has 332 valence electrons. The zero-order valence-electron chi connectivity index (χ0n) is 36.0. The molecule has 0 rings (SSSR count). The summed E-state index contributed by atoms with van der Waals surface area (Å²) in [6, 6.07) is 0. The Balaban J connectivity index is 4.28. The van der Waals surface area contributed by atoms with Crippen molar-refractivity contribution in [1.82, 2.24) is 0 Å². The Morgan fingerprint density at radius 1 is 0.544 bits per heavy atom. The Morgan fingerprint density at radius 2 is 0.965 bits per heavy atom. The van der Waals surface area contributed by atoms with E-state index in [9.17, 15) is 24.2 Å². The summed E-state index contributed by atoms with van der Waals surface area (Å²) < 4.78 is 32.7. The first-order chi connectivity index (χ1) is 27.7. The number of aliphatic hydroxyl groups excluding tert-OH is 2. The van der Waals surface area contributed by atoms with Gasteiger partial charge in [0, 0.05) is 12.8 Å². The van der Waals surface area contributed by atoms with Crippen molar-refractivity contribution in [3.63, 3.8) is 0 Å². The van der Waals surface area contributed by atoms with Gasteiger partial charge in [-0.05, 0) is 70.6 Å². The minimum Gasteiger partial charge on any atom is -0.462 e. The first-order valence-electron chi connectivity index (χ1n) is 22.6. The molecule has 0 radical (unpaired) electrons. The highest BCUT2D eigenvalue weighted by Gasteiger charge is 2.27. The largest absolute Gasteiger partial charge is 0.472 e.